The molecule has 0 bridgehead atoms. The van der Waals surface area contributed by atoms with Crippen LogP contribution >= 0.6 is 23.4 Å². The van der Waals surface area contributed by atoms with E-state index in [0.29, 0.717) is 10.7 Å². The fraction of sp³-hybridized carbons (Fsp3) is 0.200. The van der Waals surface area contributed by atoms with E-state index in [2.05, 4.69) is 21.0 Å². The third kappa shape index (κ3) is 2.27. The number of benzene rings is 1. The van der Waals surface area contributed by atoms with Crippen LogP contribution in [0.5, 0.6) is 0 Å². The largest absolute Gasteiger partial charge is 0.310 e. The van der Waals surface area contributed by atoms with Gasteiger partial charge in [0.05, 0.1) is 23.6 Å². The molecule has 4 rings (SSSR count). The first-order valence-electron chi connectivity index (χ1n) is 6.94. The molecule has 3 heterocycles. The highest BCUT2D eigenvalue weighted by atomic mass is 35.5. The fourth-order valence-electron chi connectivity index (χ4n) is 2.78. The molecule has 1 aliphatic rings. The first kappa shape index (κ1) is 14.5. The Labute approximate surface area is 141 Å². The van der Waals surface area contributed by atoms with Crippen LogP contribution in [0.15, 0.2) is 41.9 Å². The van der Waals surface area contributed by atoms with Gasteiger partial charge in [-0.3, -0.25) is 0 Å². The maximum atomic E-state index is 9.71. The Balaban J connectivity index is 1.90. The SMILES string of the molecule is N#CC1C(c2ccc(Cl)cc2)Sc2ncnc3ncn(c23)C1N. The third-order valence-corrected chi connectivity index (χ3v) is 5.53. The Bertz CT molecular complexity index is 916. The second-order valence-electron chi connectivity index (χ2n) is 5.24. The van der Waals surface area contributed by atoms with Crippen molar-refractivity contribution in [3.63, 3.8) is 0 Å². The molecule has 3 aromatic rings. The summed E-state index contributed by atoms with van der Waals surface area (Å²) in [7, 11) is 0. The van der Waals surface area contributed by atoms with E-state index in [1.807, 2.05) is 24.3 Å². The lowest BCUT2D eigenvalue weighted by Crippen LogP contribution is -2.28. The molecule has 0 radical (unpaired) electrons. The van der Waals surface area contributed by atoms with E-state index < -0.39 is 12.1 Å². The zero-order valence-electron chi connectivity index (χ0n) is 11.8. The van der Waals surface area contributed by atoms with Crippen LogP contribution in [0.1, 0.15) is 17.0 Å². The van der Waals surface area contributed by atoms with Gasteiger partial charge < -0.3 is 10.3 Å². The van der Waals surface area contributed by atoms with Gasteiger partial charge in [0.25, 0.3) is 0 Å². The predicted molar refractivity (Wildman–Crippen MR) is 87.7 cm³/mol. The lowest BCUT2D eigenvalue weighted by Gasteiger charge is -2.24. The highest BCUT2D eigenvalue weighted by Gasteiger charge is 2.36. The summed E-state index contributed by atoms with van der Waals surface area (Å²) in [5, 5.41) is 11.0. The lowest BCUT2D eigenvalue weighted by atomic mass is 9.97. The number of rotatable bonds is 1. The molecule has 0 amide bonds. The first-order valence-corrected chi connectivity index (χ1v) is 8.19. The number of hydrogen-bond donors (Lipinski definition) is 1. The van der Waals surface area contributed by atoms with Gasteiger partial charge in [-0.1, -0.05) is 35.5 Å². The van der Waals surface area contributed by atoms with Crippen LogP contribution in [0.3, 0.4) is 0 Å². The molecular formula is C15H11ClN6S. The van der Waals surface area contributed by atoms with E-state index in [4.69, 9.17) is 17.3 Å². The van der Waals surface area contributed by atoms with Crippen molar-refractivity contribution in [2.75, 3.05) is 0 Å². The minimum atomic E-state index is -0.523. The van der Waals surface area contributed by atoms with Crippen LogP contribution in [0.4, 0.5) is 0 Å². The molecule has 2 aromatic heterocycles. The first-order chi connectivity index (χ1) is 11.2. The molecule has 8 heteroatoms. The Morgan fingerprint density at radius 2 is 2.00 bits per heavy atom. The van der Waals surface area contributed by atoms with Gasteiger partial charge in [0.2, 0.25) is 0 Å². The smallest absolute Gasteiger partial charge is 0.181 e. The van der Waals surface area contributed by atoms with Crippen molar-refractivity contribution in [1.82, 2.24) is 19.5 Å². The summed E-state index contributed by atoms with van der Waals surface area (Å²) in [5.41, 5.74) is 8.73. The number of nitriles is 1. The van der Waals surface area contributed by atoms with Gasteiger partial charge in [0.1, 0.15) is 23.0 Å². The minimum Gasteiger partial charge on any atom is -0.310 e. The molecule has 1 aliphatic heterocycles. The fourth-order valence-corrected chi connectivity index (χ4v) is 4.22. The maximum absolute atomic E-state index is 9.71. The van der Waals surface area contributed by atoms with Gasteiger partial charge in [-0.25, -0.2) is 15.0 Å². The van der Waals surface area contributed by atoms with E-state index in [-0.39, 0.29) is 5.25 Å². The summed E-state index contributed by atoms with van der Waals surface area (Å²) >= 11 is 7.49. The number of hydrogen-bond acceptors (Lipinski definition) is 6. The molecule has 1 aromatic carbocycles. The van der Waals surface area contributed by atoms with Crippen molar-refractivity contribution in [2.45, 2.75) is 16.4 Å². The van der Waals surface area contributed by atoms with Crippen molar-refractivity contribution < 1.29 is 0 Å². The quantitative estimate of drug-likeness (QED) is 0.683. The zero-order chi connectivity index (χ0) is 16.0. The van der Waals surface area contributed by atoms with Gasteiger partial charge in [-0.05, 0) is 17.7 Å². The molecule has 3 unspecified atom stereocenters. The Kier molecular flexibility index (Phi) is 3.45. The molecule has 0 saturated carbocycles. The van der Waals surface area contributed by atoms with Crippen molar-refractivity contribution >= 4 is 34.5 Å². The van der Waals surface area contributed by atoms with Crippen LogP contribution in [0, 0.1) is 17.2 Å². The minimum absolute atomic E-state index is 0.148. The van der Waals surface area contributed by atoms with Gasteiger partial charge in [0.15, 0.2) is 5.65 Å². The summed E-state index contributed by atoms with van der Waals surface area (Å²) in [5.74, 6) is -0.437. The summed E-state index contributed by atoms with van der Waals surface area (Å²) in [6.45, 7) is 0. The number of aromatic nitrogens is 4. The average molecular weight is 343 g/mol. The van der Waals surface area contributed by atoms with Crippen molar-refractivity contribution in [2.24, 2.45) is 11.7 Å². The van der Waals surface area contributed by atoms with Gasteiger partial charge >= 0.3 is 0 Å². The summed E-state index contributed by atoms with van der Waals surface area (Å²) in [6, 6.07) is 9.84. The van der Waals surface area contributed by atoms with E-state index in [1.54, 1.807) is 10.9 Å². The molecule has 0 fully saturated rings. The van der Waals surface area contributed by atoms with E-state index in [9.17, 15) is 5.26 Å². The molecule has 3 atom stereocenters. The molecule has 6 nitrogen and oxygen atoms in total. The number of nitrogens with two attached hydrogens (primary N) is 1. The lowest BCUT2D eigenvalue weighted by molar-refractivity contribution is 0.409. The molecule has 0 spiro atoms. The number of halogens is 1. The molecule has 0 aliphatic carbocycles. The van der Waals surface area contributed by atoms with Crippen LogP contribution in [0.2, 0.25) is 5.02 Å². The summed E-state index contributed by atoms with van der Waals surface area (Å²) in [4.78, 5) is 12.8. The Morgan fingerprint density at radius 1 is 1.22 bits per heavy atom. The van der Waals surface area contributed by atoms with Crippen molar-refractivity contribution in [1.29, 1.82) is 5.26 Å². The molecule has 23 heavy (non-hydrogen) atoms. The van der Waals surface area contributed by atoms with Crippen molar-refractivity contribution in [3.8, 4) is 6.07 Å². The third-order valence-electron chi connectivity index (χ3n) is 3.93. The topological polar surface area (TPSA) is 93.4 Å². The van der Waals surface area contributed by atoms with Crippen LogP contribution in [-0.4, -0.2) is 19.5 Å². The summed E-state index contributed by atoms with van der Waals surface area (Å²) < 4.78 is 1.79. The zero-order valence-corrected chi connectivity index (χ0v) is 13.4. The highest BCUT2D eigenvalue weighted by Crippen LogP contribution is 2.47. The molecule has 2 N–H and O–H groups in total. The van der Waals surface area contributed by atoms with Crippen LogP contribution < -0.4 is 5.73 Å². The monoisotopic (exact) mass is 342 g/mol. The Hall–Kier alpha value is -2.14. The molecule has 114 valence electrons. The van der Waals surface area contributed by atoms with Crippen molar-refractivity contribution in [3.05, 3.63) is 47.5 Å². The van der Waals surface area contributed by atoms with Gasteiger partial charge in [0, 0.05) is 5.02 Å². The van der Waals surface area contributed by atoms with E-state index in [0.717, 1.165) is 16.1 Å². The van der Waals surface area contributed by atoms with Crippen LogP contribution in [-0.2, 0) is 0 Å². The van der Waals surface area contributed by atoms with Gasteiger partial charge in [-0.2, -0.15) is 5.26 Å². The second kappa shape index (κ2) is 5.49. The standard InChI is InChI=1S/C15H11ClN6S/c16-9-3-1-8(2-4-9)12-10(5-17)13(18)22-7-21-14-11(22)15(23-12)20-6-19-14/h1-4,6-7,10,12-13H,18H2. The normalized spacial score (nSPS) is 23.4. The van der Waals surface area contributed by atoms with Gasteiger partial charge in [-0.15, -0.1) is 0 Å². The highest BCUT2D eigenvalue weighted by molar-refractivity contribution is 7.99. The second-order valence-corrected chi connectivity index (χ2v) is 6.81. The van der Waals surface area contributed by atoms with Crippen LogP contribution in [0.25, 0.3) is 11.2 Å². The predicted octanol–water partition coefficient (Wildman–Crippen LogP) is 2.92. The van der Waals surface area contributed by atoms with E-state index in [1.165, 1.54) is 18.1 Å². The number of nitrogens with zero attached hydrogens (tertiary/aromatic N) is 5. The van der Waals surface area contributed by atoms with E-state index >= 15 is 0 Å². The summed E-state index contributed by atoms with van der Waals surface area (Å²) in [6.07, 6.45) is 2.59. The maximum Gasteiger partial charge on any atom is 0.181 e. The average Bonchev–Trinajstić information content (AvgIpc) is 2.95. The number of thioether (sulfide) groups is 1. The molecule has 0 saturated heterocycles. The Morgan fingerprint density at radius 3 is 2.74 bits per heavy atom. The molecular weight excluding hydrogens is 332 g/mol. The number of imidazole rings is 1.